The number of nitriles is 1. The molecule has 1 N–H and O–H groups in total. The highest BCUT2D eigenvalue weighted by atomic mass is 14.9. The lowest BCUT2D eigenvalue weighted by Crippen LogP contribution is -2.51. The third kappa shape index (κ3) is 2.98. The predicted octanol–water partition coefficient (Wildman–Crippen LogP) is 3.64. The lowest BCUT2D eigenvalue weighted by Gasteiger charge is -2.44. The first-order valence-electron chi connectivity index (χ1n) is 7.44. The second-order valence-electron chi connectivity index (χ2n) is 5.76. The van der Waals surface area contributed by atoms with E-state index in [0.29, 0.717) is 6.04 Å². The van der Waals surface area contributed by atoms with Crippen molar-refractivity contribution in [1.29, 1.82) is 5.26 Å². The molecule has 0 unspecified atom stereocenters. The van der Waals surface area contributed by atoms with E-state index in [1.54, 1.807) is 0 Å². The summed E-state index contributed by atoms with van der Waals surface area (Å²) in [6.07, 6.45) is 4.37. The Hall–Kier alpha value is -1.33. The molecule has 102 valence electrons. The van der Waals surface area contributed by atoms with E-state index in [1.807, 2.05) is 18.2 Å². The van der Waals surface area contributed by atoms with Gasteiger partial charge in [-0.25, -0.2) is 0 Å². The summed E-state index contributed by atoms with van der Waals surface area (Å²) in [4.78, 5) is 0. The summed E-state index contributed by atoms with van der Waals surface area (Å²) in [5.41, 5.74) is 0.936. The van der Waals surface area contributed by atoms with Crippen LogP contribution in [-0.4, -0.2) is 12.6 Å². The molecule has 1 aromatic carbocycles. The van der Waals surface area contributed by atoms with Gasteiger partial charge in [-0.15, -0.1) is 0 Å². The zero-order valence-corrected chi connectivity index (χ0v) is 12.0. The highest BCUT2D eigenvalue weighted by Gasteiger charge is 2.45. The van der Waals surface area contributed by atoms with E-state index in [9.17, 15) is 5.26 Å². The Bertz CT molecular complexity index is 422. The molecule has 1 aliphatic carbocycles. The first-order chi connectivity index (χ1) is 9.24. The second-order valence-corrected chi connectivity index (χ2v) is 5.76. The number of hydrogen-bond donors (Lipinski definition) is 1. The van der Waals surface area contributed by atoms with Crippen LogP contribution >= 0.6 is 0 Å². The van der Waals surface area contributed by atoms with E-state index in [-0.39, 0.29) is 5.41 Å². The van der Waals surface area contributed by atoms with Gasteiger partial charge >= 0.3 is 0 Å². The predicted molar refractivity (Wildman–Crippen MR) is 78.8 cm³/mol. The fraction of sp³-hybridized carbons (Fsp3) is 0.588. The molecular weight excluding hydrogens is 232 g/mol. The average Bonchev–Trinajstić information content (AvgIpc) is 2.43. The minimum atomic E-state index is -0.243. The third-order valence-corrected chi connectivity index (χ3v) is 4.58. The molecule has 0 heterocycles. The van der Waals surface area contributed by atoms with Gasteiger partial charge in [0.15, 0.2) is 0 Å². The lowest BCUT2D eigenvalue weighted by atomic mass is 9.62. The van der Waals surface area contributed by atoms with Gasteiger partial charge < -0.3 is 5.32 Å². The summed E-state index contributed by atoms with van der Waals surface area (Å²) in [7, 11) is 0. The van der Waals surface area contributed by atoms with Crippen molar-refractivity contribution in [3.63, 3.8) is 0 Å². The molecule has 1 fully saturated rings. The van der Waals surface area contributed by atoms with Crippen molar-refractivity contribution in [3.05, 3.63) is 35.9 Å². The van der Waals surface area contributed by atoms with Crippen LogP contribution in [0.1, 0.15) is 45.1 Å². The van der Waals surface area contributed by atoms with E-state index < -0.39 is 0 Å². The van der Waals surface area contributed by atoms with Crippen molar-refractivity contribution in [2.24, 2.45) is 5.92 Å². The maximum atomic E-state index is 9.50. The zero-order valence-electron chi connectivity index (χ0n) is 12.0. The van der Waals surface area contributed by atoms with E-state index in [4.69, 9.17) is 0 Å². The molecule has 0 atom stereocenters. The Balaban J connectivity index is 1.88. The van der Waals surface area contributed by atoms with Gasteiger partial charge in [-0.2, -0.15) is 5.26 Å². The quantitative estimate of drug-likeness (QED) is 0.843. The highest BCUT2D eigenvalue weighted by Crippen LogP contribution is 2.43. The van der Waals surface area contributed by atoms with Gasteiger partial charge in [-0.3, -0.25) is 0 Å². The number of benzene rings is 1. The van der Waals surface area contributed by atoms with Crippen LogP contribution in [0.4, 0.5) is 0 Å². The Morgan fingerprint density at radius 2 is 1.89 bits per heavy atom. The molecule has 19 heavy (non-hydrogen) atoms. The molecule has 1 aromatic rings. The van der Waals surface area contributed by atoms with Crippen molar-refractivity contribution in [2.45, 2.75) is 51.0 Å². The number of nitrogens with zero attached hydrogens (tertiary/aromatic N) is 1. The van der Waals surface area contributed by atoms with Gasteiger partial charge in [0.05, 0.1) is 11.5 Å². The number of nitrogens with one attached hydrogen (secondary N) is 1. The topological polar surface area (TPSA) is 35.8 Å². The fourth-order valence-corrected chi connectivity index (χ4v) is 2.99. The molecule has 0 bridgehead atoms. The molecule has 2 nitrogen and oxygen atoms in total. The SMILES string of the molecule is CCC(CC)CNC1CC(C#N)(c2ccccc2)C1. The normalized spacial score (nSPS) is 25.9. The summed E-state index contributed by atoms with van der Waals surface area (Å²) in [5, 5.41) is 13.1. The van der Waals surface area contributed by atoms with Crippen molar-refractivity contribution in [1.82, 2.24) is 5.32 Å². The van der Waals surface area contributed by atoms with E-state index in [0.717, 1.165) is 25.3 Å². The number of hydrogen-bond acceptors (Lipinski definition) is 2. The Kier molecular flexibility index (Phi) is 4.61. The van der Waals surface area contributed by atoms with Gasteiger partial charge in [0.2, 0.25) is 0 Å². The Labute approximate surface area is 116 Å². The average molecular weight is 256 g/mol. The third-order valence-electron chi connectivity index (χ3n) is 4.58. The first kappa shape index (κ1) is 14.1. The molecule has 2 heteroatoms. The summed E-state index contributed by atoms with van der Waals surface area (Å²) < 4.78 is 0. The van der Waals surface area contributed by atoms with E-state index >= 15 is 0 Å². The molecule has 0 aromatic heterocycles. The lowest BCUT2D eigenvalue weighted by molar-refractivity contribution is 0.216. The maximum absolute atomic E-state index is 9.50. The van der Waals surface area contributed by atoms with Crippen molar-refractivity contribution < 1.29 is 0 Å². The Morgan fingerprint density at radius 3 is 2.42 bits per heavy atom. The van der Waals surface area contributed by atoms with Gasteiger partial charge in [0, 0.05) is 6.04 Å². The molecule has 0 spiro atoms. The van der Waals surface area contributed by atoms with Crippen LogP contribution in [0.15, 0.2) is 30.3 Å². The van der Waals surface area contributed by atoms with Crippen LogP contribution in [-0.2, 0) is 5.41 Å². The van der Waals surface area contributed by atoms with Crippen LogP contribution in [0.25, 0.3) is 0 Å². The van der Waals surface area contributed by atoms with Gasteiger partial charge in [0.25, 0.3) is 0 Å². The molecule has 2 rings (SSSR count). The second kappa shape index (κ2) is 6.21. The van der Waals surface area contributed by atoms with Crippen molar-refractivity contribution in [2.75, 3.05) is 6.54 Å². The molecule has 0 amide bonds. The molecule has 0 radical (unpaired) electrons. The Morgan fingerprint density at radius 1 is 1.26 bits per heavy atom. The first-order valence-corrected chi connectivity index (χ1v) is 7.44. The highest BCUT2D eigenvalue weighted by molar-refractivity contribution is 5.36. The molecule has 0 saturated heterocycles. The largest absolute Gasteiger partial charge is 0.314 e. The zero-order chi connectivity index (χ0) is 13.7. The van der Waals surface area contributed by atoms with Crippen LogP contribution < -0.4 is 5.32 Å². The summed E-state index contributed by atoms with van der Waals surface area (Å²) in [5.74, 6) is 0.772. The fourth-order valence-electron chi connectivity index (χ4n) is 2.99. The molecule has 0 aliphatic heterocycles. The minimum Gasteiger partial charge on any atom is -0.314 e. The molecule has 1 saturated carbocycles. The van der Waals surface area contributed by atoms with Gasteiger partial charge in [-0.05, 0) is 30.9 Å². The van der Waals surface area contributed by atoms with Crippen molar-refractivity contribution in [3.8, 4) is 6.07 Å². The van der Waals surface area contributed by atoms with E-state index in [1.165, 1.54) is 18.4 Å². The monoisotopic (exact) mass is 256 g/mol. The van der Waals surface area contributed by atoms with Crippen molar-refractivity contribution >= 4 is 0 Å². The molecular formula is C17H24N2. The minimum absolute atomic E-state index is 0.243. The van der Waals surface area contributed by atoms with Crippen LogP contribution in [0.2, 0.25) is 0 Å². The van der Waals surface area contributed by atoms with Crippen LogP contribution in [0.5, 0.6) is 0 Å². The van der Waals surface area contributed by atoms with Crippen LogP contribution in [0.3, 0.4) is 0 Å². The summed E-state index contributed by atoms with van der Waals surface area (Å²) >= 11 is 0. The summed E-state index contributed by atoms with van der Waals surface area (Å²) in [6.45, 7) is 5.59. The standard InChI is InChI=1S/C17H24N2/c1-3-14(4-2)12-19-16-10-17(11-16,13-18)15-8-6-5-7-9-15/h5-9,14,16,19H,3-4,10-12H2,1-2H3. The van der Waals surface area contributed by atoms with Crippen LogP contribution in [0, 0.1) is 17.2 Å². The van der Waals surface area contributed by atoms with Gasteiger partial charge in [0.1, 0.15) is 0 Å². The smallest absolute Gasteiger partial charge is 0.0852 e. The summed E-state index contributed by atoms with van der Waals surface area (Å²) in [6, 6.07) is 13.3. The number of rotatable bonds is 6. The maximum Gasteiger partial charge on any atom is 0.0852 e. The van der Waals surface area contributed by atoms with E-state index in [2.05, 4.69) is 37.4 Å². The molecule has 1 aliphatic rings. The van der Waals surface area contributed by atoms with Gasteiger partial charge in [-0.1, -0.05) is 57.0 Å².